The van der Waals surface area contributed by atoms with Crippen LogP contribution in [-0.4, -0.2) is 43.7 Å². The Morgan fingerprint density at radius 3 is 1.46 bits per heavy atom. The molecule has 0 N–H and O–H groups in total. The topological polar surface area (TPSA) is 6.48 Å². The molecule has 0 spiro atoms. The van der Waals surface area contributed by atoms with Crippen molar-refractivity contribution in [3.8, 4) is 0 Å². The molecule has 0 aromatic carbocycles. The second-order valence-electron chi connectivity index (χ2n) is 4.42. The van der Waals surface area contributed by atoms with Crippen molar-refractivity contribution in [1.29, 1.82) is 0 Å². The molecule has 0 aliphatic carbocycles. The van der Waals surface area contributed by atoms with Gasteiger partial charge < -0.3 is 0 Å². The van der Waals surface area contributed by atoms with Crippen LogP contribution in [0.3, 0.4) is 0 Å². The fourth-order valence-corrected chi connectivity index (χ4v) is 2.02. The molecule has 78 valence electrons. The predicted octanol–water partition coefficient (Wildman–Crippen LogP) is 2.16. The van der Waals surface area contributed by atoms with Crippen molar-refractivity contribution in [2.24, 2.45) is 0 Å². The Morgan fingerprint density at radius 1 is 0.615 bits per heavy atom. The molecule has 0 aromatic rings. The Hall–Kier alpha value is -0.0800. The van der Waals surface area contributed by atoms with Gasteiger partial charge in [0.15, 0.2) is 0 Å². The molecule has 2 heteroatoms. The second kappa shape index (κ2) is 6.39. The van der Waals surface area contributed by atoms with Gasteiger partial charge in [-0.25, -0.2) is 0 Å². The van der Waals surface area contributed by atoms with Crippen molar-refractivity contribution in [1.82, 2.24) is 9.80 Å². The summed E-state index contributed by atoms with van der Waals surface area (Å²) < 4.78 is 0. The van der Waals surface area contributed by atoms with Gasteiger partial charge in [-0.2, -0.15) is 0 Å². The minimum absolute atomic E-state index is 1.14. The maximum Gasteiger partial charge on any atom is 0.0500 e. The van der Waals surface area contributed by atoms with Gasteiger partial charge in [0.05, 0.1) is 6.67 Å². The van der Waals surface area contributed by atoms with E-state index in [2.05, 4.69) is 23.9 Å². The summed E-state index contributed by atoms with van der Waals surface area (Å²) in [5.74, 6) is 0. The number of hydrogen-bond donors (Lipinski definition) is 0. The van der Waals surface area contributed by atoms with Crippen molar-refractivity contribution in [3.05, 3.63) is 0 Å². The van der Waals surface area contributed by atoms with Crippen LogP contribution in [-0.2, 0) is 0 Å². The standard InChI is InChI=1S/C11H24N2/c1-12-9-7-5-3-4-6-8-10-13(2)11-12/h3-11H2,1-2H3. The molecule has 1 fully saturated rings. The fourth-order valence-electron chi connectivity index (χ4n) is 2.02. The van der Waals surface area contributed by atoms with Crippen LogP contribution in [0.25, 0.3) is 0 Å². The molecule has 0 aromatic heterocycles. The number of rotatable bonds is 0. The van der Waals surface area contributed by atoms with E-state index in [1.54, 1.807) is 0 Å². The molecule has 0 amide bonds. The van der Waals surface area contributed by atoms with E-state index >= 15 is 0 Å². The predicted molar refractivity (Wildman–Crippen MR) is 57.8 cm³/mol. The van der Waals surface area contributed by atoms with Crippen LogP contribution in [0, 0.1) is 0 Å². The summed E-state index contributed by atoms with van der Waals surface area (Å²) in [4.78, 5) is 4.87. The molecule has 1 rings (SSSR count). The fraction of sp³-hybridized carbons (Fsp3) is 1.00. The van der Waals surface area contributed by atoms with Gasteiger partial charge in [0, 0.05) is 0 Å². The first kappa shape index (κ1) is 11.0. The molecular weight excluding hydrogens is 160 g/mol. The summed E-state index contributed by atoms with van der Waals surface area (Å²) in [5.41, 5.74) is 0. The van der Waals surface area contributed by atoms with Gasteiger partial charge in [-0.15, -0.1) is 0 Å². The molecule has 1 aliphatic heterocycles. The lowest BCUT2D eigenvalue weighted by atomic mass is 10.1. The molecule has 0 atom stereocenters. The Kier molecular flexibility index (Phi) is 5.40. The lowest BCUT2D eigenvalue weighted by molar-refractivity contribution is 0.181. The van der Waals surface area contributed by atoms with Gasteiger partial charge in [-0.1, -0.05) is 25.7 Å². The van der Waals surface area contributed by atoms with Gasteiger partial charge in [0.1, 0.15) is 0 Å². The van der Waals surface area contributed by atoms with Gasteiger partial charge in [-0.3, -0.25) is 9.80 Å². The molecule has 0 bridgehead atoms. The van der Waals surface area contributed by atoms with E-state index in [0.717, 1.165) is 6.67 Å². The quantitative estimate of drug-likeness (QED) is 0.569. The Morgan fingerprint density at radius 2 is 1.00 bits per heavy atom. The third kappa shape index (κ3) is 5.27. The van der Waals surface area contributed by atoms with Gasteiger partial charge >= 0.3 is 0 Å². The Bertz CT molecular complexity index is 111. The zero-order valence-corrected chi connectivity index (χ0v) is 9.26. The van der Waals surface area contributed by atoms with Gasteiger partial charge in [0.25, 0.3) is 0 Å². The molecule has 0 unspecified atom stereocenters. The minimum Gasteiger partial charge on any atom is -0.294 e. The molecule has 1 saturated heterocycles. The average Bonchev–Trinajstić information content (AvgIpc) is 2.11. The van der Waals surface area contributed by atoms with Crippen molar-refractivity contribution in [2.75, 3.05) is 33.9 Å². The zero-order valence-electron chi connectivity index (χ0n) is 9.26. The summed E-state index contributed by atoms with van der Waals surface area (Å²) in [7, 11) is 4.46. The first-order valence-electron chi connectivity index (χ1n) is 5.66. The Labute approximate surface area is 82.9 Å². The molecule has 13 heavy (non-hydrogen) atoms. The SMILES string of the molecule is CN1CCCCCCCCN(C)C1. The Balaban J connectivity index is 2.25. The third-order valence-electron chi connectivity index (χ3n) is 2.81. The van der Waals surface area contributed by atoms with E-state index in [-0.39, 0.29) is 0 Å². The summed E-state index contributed by atoms with van der Waals surface area (Å²) in [5, 5.41) is 0. The second-order valence-corrected chi connectivity index (χ2v) is 4.42. The molecule has 0 radical (unpaired) electrons. The molecule has 1 heterocycles. The van der Waals surface area contributed by atoms with Crippen LogP contribution in [0.4, 0.5) is 0 Å². The van der Waals surface area contributed by atoms with Crippen LogP contribution in [0.5, 0.6) is 0 Å². The van der Waals surface area contributed by atoms with Crippen molar-refractivity contribution < 1.29 is 0 Å². The highest BCUT2D eigenvalue weighted by molar-refractivity contribution is 4.57. The summed E-state index contributed by atoms with van der Waals surface area (Å²) in [6, 6.07) is 0. The normalized spacial score (nSPS) is 25.4. The molecule has 2 nitrogen and oxygen atoms in total. The first-order valence-corrected chi connectivity index (χ1v) is 5.66. The summed E-state index contributed by atoms with van der Waals surface area (Å²) >= 11 is 0. The highest BCUT2D eigenvalue weighted by atomic mass is 15.3. The van der Waals surface area contributed by atoms with Crippen molar-refractivity contribution in [2.45, 2.75) is 38.5 Å². The third-order valence-corrected chi connectivity index (χ3v) is 2.81. The van der Waals surface area contributed by atoms with E-state index in [1.807, 2.05) is 0 Å². The van der Waals surface area contributed by atoms with E-state index in [1.165, 1.54) is 51.6 Å². The number of nitrogens with zero attached hydrogens (tertiary/aromatic N) is 2. The van der Waals surface area contributed by atoms with Gasteiger partial charge in [-0.05, 0) is 40.0 Å². The highest BCUT2D eigenvalue weighted by Gasteiger charge is 2.04. The minimum atomic E-state index is 1.14. The summed E-state index contributed by atoms with van der Waals surface area (Å²) in [6.07, 6.45) is 8.49. The average molecular weight is 184 g/mol. The maximum absolute atomic E-state index is 2.44. The maximum atomic E-state index is 2.44. The lowest BCUT2D eigenvalue weighted by Crippen LogP contribution is -2.33. The van der Waals surface area contributed by atoms with Crippen LogP contribution >= 0.6 is 0 Å². The largest absolute Gasteiger partial charge is 0.294 e. The molecule has 0 saturated carbocycles. The van der Waals surface area contributed by atoms with Crippen molar-refractivity contribution in [3.63, 3.8) is 0 Å². The van der Waals surface area contributed by atoms with E-state index in [0.29, 0.717) is 0 Å². The van der Waals surface area contributed by atoms with Crippen LogP contribution in [0.1, 0.15) is 38.5 Å². The first-order chi connectivity index (χ1) is 6.29. The molecule has 1 aliphatic rings. The molecular formula is C11H24N2. The van der Waals surface area contributed by atoms with Crippen molar-refractivity contribution >= 4 is 0 Å². The van der Waals surface area contributed by atoms with Crippen LogP contribution < -0.4 is 0 Å². The van der Waals surface area contributed by atoms with E-state index < -0.39 is 0 Å². The lowest BCUT2D eigenvalue weighted by Gasteiger charge is -2.23. The van der Waals surface area contributed by atoms with Gasteiger partial charge in [0.2, 0.25) is 0 Å². The summed E-state index contributed by atoms with van der Waals surface area (Å²) in [6.45, 7) is 3.68. The number of hydrogen-bond acceptors (Lipinski definition) is 2. The van der Waals surface area contributed by atoms with Crippen LogP contribution in [0.15, 0.2) is 0 Å². The van der Waals surface area contributed by atoms with E-state index in [4.69, 9.17) is 0 Å². The smallest absolute Gasteiger partial charge is 0.0500 e. The monoisotopic (exact) mass is 184 g/mol. The highest BCUT2D eigenvalue weighted by Crippen LogP contribution is 2.08. The van der Waals surface area contributed by atoms with Crippen LogP contribution in [0.2, 0.25) is 0 Å². The van der Waals surface area contributed by atoms with E-state index in [9.17, 15) is 0 Å². The zero-order chi connectivity index (χ0) is 9.52.